The fourth-order valence-electron chi connectivity index (χ4n) is 3.53. The van der Waals surface area contributed by atoms with E-state index in [1.807, 2.05) is 25.1 Å². The summed E-state index contributed by atoms with van der Waals surface area (Å²) in [4.78, 5) is 12.6. The van der Waals surface area contributed by atoms with Crippen LogP contribution in [0.1, 0.15) is 45.7 Å². The van der Waals surface area contributed by atoms with Crippen molar-refractivity contribution in [2.24, 2.45) is 0 Å². The predicted molar refractivity (Wildman–Crippen MR) is 109 cm³/mol. The summed E-state index contributed by atoms with van der Waals surface area (Å²) in [5.41, 5.74) is 2.45. The molecule has 2 heterocycles. The molecule has 1 aromatic heterocycles. The number of nitrogens with one attached hydrogen (secondary N) is 2. The van der Waals surface area contributed by atoms with Crippen molar-refractivity contribution in [1.82, 2.24) is 9.78 Å². The maximum absolute atomic E-state index is 13.8. The van der Waals surface area contributed by atoms with E-state index in [0.29, 0.717) is 11.3 Å². The molecule has 1 aliphatic rings. The van der Waals surface area contributed by atoms with Gasteiger partial charge in [-0.1, -0.05) is 29.8 Å². The summed E-state index contributed by atoms with van der Waals surface area (Å²) in [5.74, 6) is -0.509. The van der Waals surface area contributed by atoms with Crippen molar-refractivity contribution in [2.45, 2.75) is 31.6 Å². The van der Waals surface area contributed by atoms with E-state index in [2.05, 4.69) is 15.7 Å². The van der Waals surface area contributed by atoms with Crippen molar-refractivity contribution < 1.29 is 18.0 Å². The highest BCUT2D eigenvalue weighted by atomic mass is 19.4. The Morgan fingerprint density at radius 2 is 1.87 bits per heavy atom. The highest BCUT2D eigenvalue weighted by molar-refractivity contribution is 6.03. The minimum atomic E-state index is -4.52. The summed E-state index contributed by atoms with van der Waals surface area (Å²) in [6.07, 6.45) is -4.76. The number of alkyl halides is 3. The second kappa shape index (κ2) is 7.80. The van der Waals surface area contributed by atoms with E-state index in [4.69, 9.17) is 5.26 Å². The quantitative estimate of drug-likeness (QED) is 0.620. The van der Waals surface area contributed by atoms with Crippen LogP contribution >= 0.6 is 0 Å². The number of halogens is 3. The number of aryl methyl sites for hydroxylation is 1. The van der Waals surface area contributed by atoms with Crippen LogP contribution in [0, 0.1) is 18.3 Å². The molecule has 0 radical (unpaired) electrons. The molecule has 0 spiro atoms. The molecular formula is C22H18F3N5O. The molecule has 0 aliphatic carbocycles. The third-order valence-electron chi connectivity index (χ3n) is 5.17. The van der Waals surface area contributed by atoms with Gasteiger partial charge in [-0.2, -0.15) is 23.5 Å². The molecule has 6 nitrogen and oxygen atoms in total. The first-order chi connectivity index (χ1) is 14.7. The molecule has 3 aromatic rings. The Bertz CT molecular complexity index is 1140. The maximum atomic E-state index is 13.8. The molecule has 2 N–H and O–H groups in total. The zero-order valence-corrected chi connectivity index (χ0v) is 16.4. The molecule has 31 heavy (non-hydrogen) atoms. The van der Waals surface area contributed by atoms with Crippen LogP contribution in [-0.2, 0) is 0 Å². The Morgan fingerprint density at radius 1 is 1.19 bits per heavy atom. The summed E-state index contributed by atoms with van der Waals surface area (Å²) in [6, 6.07) is 14.3. The number of anilines is 2. The third-order valence-corrected chi connectivity index (χ3v) is 5.17. The monoisotopic (exact) mass is 425 g/mol. The van der Waals surface area contributed by atoms with Crippen LogP contribution in [0.5, 0.6) is 0 Å². The topological polar surface area (TPSA) is 82.7 Å². The van der Waals surface area contributed by atoms with Crippen LogP contribution in [0.25, 0.3) is 0 Å². The van der Waals surface area contributed by atoms with Crippen LogP contribution in [-0.4, -0.2) is 21.9 Å². The number of hydrogen-bond donors (Lipinski definition) is 2. The molecule has 1 aliphatic heterocycles. The van der Waals surface area contributed by atoms with Gasteiger partial charge in [0.1, 0.15) is 5.82 Å². The van der Waals surface area contributed by atoms with Gasteiger partial charge in [0.25, 0.3) is 5.91 Å². The first-order valence-electron chi connectivity index (χ1n) is 9.55. The largest absolute Gasteiger partial charge is 0.410 e. The van der Waals surface area contributed by atoms with Gasteiger partial charge in [-0.25, -0.2) is 4.68 Å². The molecule has 158 valence electrons. The zero-order chi connectivity index (χ0) is 22.2. The molecular weight excluding hydrogens is 407 g/mol. The fourth-order valence-corrected chi connectivity index (χ4v) is 3.53. The molecule has 9 heteroatoms. The highest BCUT2D eigenvalue weighted by Gasteiger charge is 2.46. The lowest BCUT2D eigenvalue weighted by atomic mass is 9.96. The Morgan fingerprint density at radius 3 is 2.48 bits per heavy atom. The number of carbonyl (C=O) groups is 1. The second-order valence-corrected chi connectivity index (χ2v) is 7.40. The van der Waals surface area contributed by atoms with Gasteiger partial charge in [-0.3, -0.25) is 4.79 Å². The van der Waals surface area contributed by atoms with Gasteiger partial charge in [0.2, 0.25) is 0 Å². The van der Waals surface area contributed by atoms with Gasteiger partial charge in [0.15, 0.2) is 11.7 Å². The third kappa shape index (κ3) is 4.23. The normalized spacial score (nSPS) is 17.9. The van der Waals surface area contributed by atoms with E-state index in [1.165, 1.54) is 30.3 Å². The second-order valence-electron chi connectivity index (χ2n) is 7.40. The number of benzene rings is 2. The maximum Gasteiger partial charge on any atom is 0.410 e. The molecule has 0 bridgehead atoms. The molecule has 1 amide bonds. The van der Waals surface area contributed by atoms with E-state index < -0.39 is 24.2 Å². The number of nitriles is 1. The molecule has 0 saturated carbocycles. The van der Waals surface area contributed by atoms with Crippen LogP contribution < -0.4 is 10.6 Å². The van der Waals surface area contributed by atoms with Crippen molar-refractivity contribution in [2.75, 3.05) is 10.6 Å². The van der Waals surface area contributed by atoms with Gasteiger partial charge in [0, 0.05) is 18.2 Å². The summed E-state index contributed by atoms with van der Waals surface area (Å²) in [6.45, 7) is 1.91. The molecule has 4 rings (SSSR count). The summed E-state index contributed by atoms with van der Waals surface area (Å²) in [7, 11) is 0. The molecule has 0 saturated heterocycles. The summed E-state index contributed by atoms with van der Waals surface area (Å²) < 4.78 is 42.2. The molecule has 0 fully saturated rings. The summed E-state index contributed by atoms with van der Waals surface area (Å²) >= 11 is 0. The van der Waals surface area contributed by atoms with Crippen molar-refractivity contribution >= 4 is 17.4 Å². The van der Waals surface area contributed by atoms with Crippen molar-refractivity contribution in [3.63, 3.8) is 0 Å². The lowest BCUT2D eigenvalue weighted by Gasteiger charge is -2.33. The van der Waals surface area contributed by atoms with E-state index in [1.54, 1.807) is 12.1 Å². The number of fused-ring (bicyclic) bond motifs is 1. The SMILES string of the molecule is Cc1ccc(C2CC(C(F)(F)F)n3nc(C(=O)Nc4ccc(C#N)cc4)cc3N2)cc1. The van der Waals surface area contributed by atoms with E-state index in [-0.39, 0.29) is 17.9 Å². The fraction of sp³-hybridized carbons (Fsp3) is 0.227. The van der Waals surface area contributed by atoms with Gasteiger partial charge in [-0.15, -0.1) is 0 Å². The first-order valence-corrected chi connectivity index (χ1v) is 9.55. The van der Waals surface area contributed by atoms with Crippen molar-refractivity contribution in [3.05, 3.63) is 77.0 Å². The van der Waals surface area contributed by atoms with Gasteiger partial charge >= 0.3 is 6.18 Å². The minimum absolute atomic E-state index is 0.129. The number of rotatable bonds is 3. The van der Waals surface area contributed by atoms with E-state index in [0.717, 1.165) is 15.8 Å². The lowest BCUT2D eigenvalue weighted by molar-refractivity contribution is -0.173. The number of aromatic nitrogens is 2. The summed E-state index contributed by atoms with van der Waals surface area (Å²) in [5, 5.41) is 18.4. The van der Waals surface area contributed by atoms with Gasteiger partial charge in [0.05, 0.1) is 17.7 Å². The van der Waals surface area contributed by atoms with Crippen molar-refractivity contribution in [1.29, 1.82) is 5.26 Å². The molecule has 2 aromatic carbocycles. The predicted octanol–water partition coefficient (Wildman–Crippen LogP) is 4.98. The Hall–Kier alpha value is -3.80. The van der Waals surface area contributed by atoms with E-state index in [9.17, 15) is 18.0 Å². The molecule has 2 unspecified atom stereocenters. The molecule has 2 atom stereocenters. The Kier molecular flexibility index (Phi) is 5.15. The zero-order valence-electron chi connectivity index (χ0n) is 16.4. The van der Waals surface area contributed by atoms with Gasteiger partial charge < -0.3 is 10.6 Å². The smallest absolute Gasteiger partial charge is 0.363 e. The van der Waals surface area contributed by atoms with Crippen molar-refractivity contribution in [3.8, 4) is 6.07 Å². The number of nitrogens with zero attached hydrogens (tertiary/aromatic N) is 3. The average Bonchev–Trinajstić information content (AvgIpc) is 3.17. The Labute approximate surface area is 176 Å². The van der Waals surface area contributed by atoms with Crippen LogP contribution in [0.3, 0.4) is 0 Å². The number of amides is 1. The highest BCUT2D eigenvalue weighted by Crippen LogP contribution is 2.43. The van der Waals surface area contributed by atoms with E-state index >= 15 is 0 Å². The van der Waals surface area contributed by atoms with Gasteiger partial charge in [-0.05, 0) is 36.8 Å². The lowest BCUT2D eigenvalue weighted by Crippen LogP contribution is -2.35. The standard InChI is InChI=1S/C22H18F3N5O/c1-13-2-6-15(7-3-13)17-10-19(22(23,24)25)30-20(28-17)11-18(29-30)21(31)27-16-8-4-14(12-26)5-9-16/h2-9,11,17,19,28H,10H2,1H3,(H,27,31). The first kappa shape index (κ1) is 20.5. The average molecular weight is 425 g/mol. The van der Waals surface area contributed by atoms with Crippen LogP contribution in [0.4, 0.5) is 24.7 Å². The minimum Gasteiger partial charge on any atom is -0.363 e. The Balaban J connectivity index is 1.62. The number of hydrogen-bond acceptors (Lipinski definition) is 4. The van der Waals surface area contributed by atoms with Crippen LogP contribution in [0.15, 0.2) is 54.6 Å². The number of carbonyl (C=O) groups excluding carboxylic acids is 1. The van der Waals surface area contributed by atoms with Crippen LogP contribution in [0.2, 0.25) is 0 Å².